The van der Waals surface area contributed by atoms with Crippen molar-refractivity contribution in [3.05, 3.63) is 34.8 Å². The highest BCUT2D eigenvalue weighted by Crippen LogP contribution is 2.30. The van der Waals surface area contributed by atoms with Crippen LogP contribution >= 0.6 is 36.2 Å². The summed E-state index contributed by atoms with van der Waals surface area (Å²) in [5.74, 6) is -0.0905. The van der Waals surface area contributed by atoms with E-state index >= 15 is 0 Å². The normalized spacial score (nSPS) is 10.6. The van der Waals surface area contributed by atoms with Gasteiger partial charge in [-0.2, -0.15) is 5.10 Å². The van der Waals surface area contributed by atoms with Gasteiger partial charge in [-0.15, -0.1) is 36.2 Å². The molecule has 0 saturated heterocycles. The number of fused-ring (bicyclic) bond motifs is 1. The third kappa shape index (κ3) is 5.23. The fourth-order valence-corrected chi connectivity index (χ4v) is 3.68. The second kappa shape index (κ2) is 10.8. The minimum Gasteiger partial charge on any atom is -0.352 e. The Morgan fingerprint density at radius 2 is 2.04 bits per heavy atom. The molecule has 3 rings (SSSR count). The number of nitrogens with zero attached hydrogens (tertiary/aromatic N) is 3. The lowest BCUT2D eigenvalue weighted by molar-refractivity contribution is 0.0954. The lowest BCUT2D eigenvalue weighted by atomic mass is 10.1. The highest BCUT2D eigenvalue weighted by Gasteiger charge is 2.18. The molecule has 0 aliphatic carbocycles. The maximum absolute atomic E-state index is 12.8. The molecule has 0 unspecified atom stereocenters. The smallest absolute Gasteiger partial charge is 0.252 e. The fraction of sp³-hybridized carbons (Fsp3) is 0.421. The molecule has 0 aliphatic rings. The van der Waals surface area contributed by atoms with Gasteiger partial charge in [-0.05, 0) is 58.4 Å². The van der Waals surface area contributed by atoms with Crippen LogP contribution in [0.15, 0.2) is 24.4 Å². The molecule has 0 fully saturated rings. The van der Waals surface area contributed by atoms with Crippen molar-refractivity contribution in [2.45, 2.75) is 39.7 Å². The number of unbranched alkanes of at least 4 members (excludes halogenated alkanes) is 1. The molecule has 9 heteroatoms. The predicted molar refractivity (Wildman–Crippen MR) is 121 cm³/mol. The Bertz CT molecular complexity index is 922. The standard InChI is InChI=1S/C19H25N5OS.2ClH/c1-12(2)24-18-15(11-22-24)14(19(25)21-9-5-4-8-20)10-16(23-18)17-7-6-13(3)26-17;;/h6-7,10-12H,4-5,8-9,20H2,1-3H3,(H,21,25);2*1H. The van der Waals surface area contributed by atoms with E-state index in [2.05, 4.69) is 37.3 Å². The topological polar surface area (TPSA) is 85.8 Å². The molecule has 0 radical (unpaired) electrons. The molecule has 3 aromatic rings. The Hall–Kier alpha value is -1.67. The number of rotatable bonds is 7. The van der Waals surface area contributed by atoms with E-state index in [1.165, 1.54) is 4.88 Å². The van der Waals surface area contributed by atoms with Gasteiger partial charge in [0, 0.05) is 17.5 Å². The Labute approximate surface area is 181 Å². The van der Waals surface area contributed by atoms with Gasteiger partial charge in [-0.1, -0.05) is 0 Å². The van der Waals surface area contributed by atoms with Crippen molar-refractivity contribution in [1.82, 2.24) is 20.1 Å². The number of halogens is 2. The van der Waals surface area contributed by atoms with Gasteiger partial charge in [0.05, 0.1) is 27.7 Å². The zero-order valence-electron chi connectivity index (χ0n) is 16.3. The molecule has 6 nitrogen and oxygen atoms in total. The molecule has 28 heavy (non-hydrogen) atoms. The number of aromatic nitrogens is 3. The van der Waals surface area contributed by atoms with Gasteiger partial charge in [-0.3, -0.25) is 4.79 Å². The third-order valence-corrected chi connectivity index (χ3v) is 5.23. The van der Waals surface area contributed by atoms with Crippen LogP contribution in [0.2, 0.25) is 0 Å². The first kappa shape index (κ1) is 24.4. The molecule has 0 bridgehead atoms. The van der Waals surface area contributed by atoms with E-state index in [0.29, 0.717) is 18.7 Å². The van der Waals surface area contributed by atoms with Gasteiger partial charge in [0.1, 0.15) is 0 Å². The highest BCUT2D eigenvalue weighted by atomic mass is 35.5. The van der Waals surface area contributed by atoms with E-state index in [9.17, 15) is 4.79 Å². The first-order valence-corrected chi connectivity index (χ1v) is 9.76. The van der Waals surface area contributed by atoms with Crippen LogP contribution in [-0.4, -0.2) is 33.8 Å². The number of carbonyl (C=O) groups is 1. The van der Waals surface area contributed by atoms with Crippen molar-refractivity contribution in [2.75, 3.05) is 13.1 Å². The van der Waals surface area contributed by atoms with Gasteiger partial charge in [-0.25, -0.2) is 9.67 Å². The van der Waals surface area contributed by atoms with Crippen LogP contribution in [0, 0.1) is 6.92 Å². The molecule has 1 amide bonds. The summed E-state index contributed by atoms with van der Waals surface area (Å²) in [4.78, 5) is 19.9. The van der Waals surface area contributed by atoms with E-state index in [-0.39, 0.29) is 36.8 Å². The molecule has 0 aromatic carbocycles. The number of hydrogen-bond acceptors (Lipinski definition) is 5. The molecule has 0 saturated carbocycles. The Balaban J connectivity index is 0.00000196. The van der Waals surface area contributed by atoms with Gasteiger partial charge in [0.15, 0.2) is 5.65 Å². The molecular weight excluding hydrogens is 417 g/mol. The van der Waals surface area contributed by atoms with Crippen LogP contribution in [0.25, 0.3) is 21.6 Å². The van der Waals surface area contributed by atoms with Crippen LogP contribution in [0.5, 0.6) is 0 Å². The summed E-state index contributed by atoms with van der Waals surface area (Å²) in [6.07, 6.45) is 3.51. The molecule has 154 valence electrons. The number of nitrogens with one attached hydrogen (secondary N) is 1. The highest BCUT2D eigenvalue weighted by molar-refractivity contribution is 7.15. The largest absolute Gasteiger partial charge is 0.352 e. The van der Waals surface area contributed by atoms with E-state index in [1.807, 2.05) is 16.8 Å². The predicted octanol–water partition coefficient (Wildman–Crippen LogP) is 4.36. The van der Waals surface area contributed by atoms with Crippen LogP contribution in [-0.2, 0) is 0 Å². The molecule has 0 spiro atoms. The van der Waals surface area contributed by atoms with Gasteiger partial charge >= 0.3 is 0 Å². The molecule has 0 aliphatic heterocycles. The lowest BCUT2D eigenvalue weighted by Gasteiger charge is -2.10. The number of thiophene rings is 1. The van der Waals surface area contributed by atoms with Crippen molar-refractivity contribution < 1.29 is 4.79 Å². The van der Waals surface area contributed by atoms with Crippen molar-refractivity contribution >= 4 is 53.1 Å². The molecular formula is C19H27Cl2N5OS. The van der Waals surface area contributed by atoms with Gasteiger partial charge < -0.3 is 11.1 Å². The average molecular weight is 444 g/mol. The average Bonchev–Trinajstić information content (AvgIpc) is 3.23. The number of hydrogen-bond donors (Lipinski definition) is 2. The maximum Gasteiger partial charge on any atom is 0.252 e. The second-order valence-corrected chi connectivity index (χ2v) is 7.93. The number of amides is 1. The Morgan fingerprint density at radius 1 is 1.29 bits per heavy atom. The Morgan fingerprint density at radius 3 is 2.64 bits per heavy atom. The summed E-state index contributed by atoms with van der Waals surface area (Å²) in [6, 6.07) is 6.16. The van der Waals surface area contributed by atoms with Crippen molar-refractivity contribution in [3.63, 3.8) is 0 Å². The van der Waals surface area contributed by atoms with Gasteiger partial charge in [0.2, 0.25) is 0 Å². The van der Waals surface area contributed by atoms with Crippen LogP contribution in [0.4, 0.5) is 0 Å². The summed E-state index contributed by atoms with van der Waals surface area (Å²) in [6.45, 7) is 7.44. The number of carbonyl (C=O) groups excluding carboxylic acids is 1. The summed E-state index contributed by atoms with van der Waals surface area (Å²) in [5, 5.41) is 8.23. The number of pyridine rings is 1. The van der Waals surface area contributed by atoms with E-state index in [0.717, 1.165) is 34.4 Å². The Kier molecular flexibility index (Phi) is 9.36. The van der Waals surface area contributed by atoms with E-state index in [1.54, 1.807) is 17.5 Å². The van der Waals surface area contributed by atoms with Gasteiger partial charge in [0.25, 0.3) is 5.91 Å². The summed E-state index contributed by atoms with van der Waals surface area (Å²) < 4.78 is 1.87. The fourth-order valence-electron chi connectivity index (χ4n) is 2.85. The minimum atomic E-state index is -0.0905. The summed E-state index contributed by atoms with van der Waals surface area (Å²) in [7, 11) is 0. The molecule has 3 N–H and O–H groups in total. The number of aryl methyl sites for hydroxylation is 1. The zero-order chi connectivity index (χ0) is 18.7. The lowest BCUT2D eigenvalue weighted by Crippen LogP contribution is -2.25. The SMILES string of the molecule is Cc1ccc(-c2cc(C(=O)NCCCCN)c3cnn(C(C)C)c3n2)s1.Cl.Cl. The molecule has 0 atom stereocenters. The van der Waals surface area contributed by atoms with Crippen molar-refractivity contribution in [3.8, 4) is 10.6 Å². The molecule has 3 aromatic heterocycles. The zero-order valence-corrected chi connectivity index (χ0v) is 18.7. The quantitative estimate of drug-likeness (QED) is 0.530. The minimum absolute atomic E-state index is 0. The van der Waals surface area contributed by atoms with Crippen LogP contribution in [0.1, 0.15) is 48.0 Å². The maximum atomic E-state index is 12.8. The van der Waals surface area contributed by atoms with E-state index in [4.69, 9.17) is 10.7 Å². The first-order valence-electron chi connectivity index (χ1n) is 8.94. The molecule has 3 heterocycles. The van der Waals surface area contributed by atoms with Crippen molar-refractivity contribution in [2.24, 2.45) is 5.73 Å². The van der Waals surface area contributed by atoms with Crippen molar-refractivity contribution in [1.29, 1.82) is 0 Å². The third-order valence-electron chi connectivity index (χ3n) is 4.21. The van der Waals surface area contributed by atoms with E-state index < -0.39 is 0 Å². The monoisotopic (exact) mass is 443 g/mol. The second-order valence-electron chi connectivity index (χ2n) is 6.64. The van der Waals surface area contributed by atoms with Crippen LogP contribution < -0.4 is 11.1 Å². The summed E-state index contributed by atoms with van der Waals surface area (Å²) >= 11 is 1.67. The number of nitrogens with two attached hydrogens (primary N) is 1. The van der Waals surface area contributed by atoms with Crippen LogP contribution in [0.3, 0.4) is 0 Å². The summed E-state index contributed by atoms with van der Waals surface area (Å²) in [5.41, 5.74) is 7.69. The first-order chi connectivity index (χ1) is 12.5.